The summed E-state index contributed by atoms with van der Waals surface area (Å²) in [5.74, 6) is -1.06. The van der Waals surface area contributed by atoms with E-state index in [-0.39, 0.29) is 16.6 Å². The monoisotopic (exact) mass is 257 g/mol. The molecule has 0 fully saturated rings. The predicted octanol–water partition coefficient (Wildman–Crippen LogP) is 1.75. The molecule has 6 nitrogen and oxygen atoms in total. The molecule has 0 amide bonds. The zero-order valence-electron chi connectivity index (χ0n) is 10.1. The van der Waals surface area contributed by atoms with E-state index in [4.69, 9.17) is 0 Å². The summed E-state index contributed by atoms with van der Waals surface area (Å²) in [6, 6.07) is 5.38. The van der Waals surface area contributed by atoms with Gasteiger partial charge in [-0.15, -0.1) is 0 Å². The molecule has 0 radical (unpaired) electrons. The van der Waals surface area contributed by atoms with Gasteiger partial charge in [0, 0.05) is 35.2 Å². The SMILES string of the molecule is CNc1ccc2[nH]c(=O)c3[nH]cc(C(=O)O)c3c2c1. The van der Waals surface area contributed by atoms with Crippen LogP contribution in [0.5, 0.6) is 0 Å². The van der Waals surface area contributed by atoms with E-state index in [2.05, 4.69) is 15.3 Å². The van der Waals surface area contributed by atoms with Gasteiger partial charge in [0.2, 0.25) is 0 Å². The fraction of sp³-hybridized carbons (Fsp3) is 0.0769. The molecule has 3 aromatic rings. The molecule has 19 heavy (non-hydrogen) atoms. The molecule has 0 saturated carbocycles. The summed E-state index contributed by atoms with van der Waals surface area (Å²) in [7, 11) is 1.78. The molecule has 0 spiro atoms. The van der Waals surface area contributed by atoms with E-state index in [1.165, 1.54) is 6.20 Å². The first-order chi connectivity index (χ1) is 9.11. The highest BCUT2D eigenvalue weighted by molar-refractivity contribution is 6.15. The molecule has 0 saturated heterocycles. The highest BCUT2D eigenvalue weighted by atomic mass is 16.4. The second-order valence-electron chi connectivity index (χ2n) is 4.22. The second-order valence-corrected chi connectivity index (χ2v) is 4.22. The Morgan fingerprint density at radius 2 is 2.16 bits per heavy atom. The van der Waals surface area contributed by atoms with Gasteiger partial charge in [0.25, 0.3) is 5.56 Å². The number of carboxylic acids is 1. The Morgan fingerprint density at radius 1 is 1.37 bits per heavy atom. The number of aromatic amines is 2. The smallest absolute Gasteiger partial charge is 0.337 e. The number of rotatable bonds is 2. The van der Waals surface area contributed by atoms with Crippen molar-refractivity contribution in [3.05, 3.63) is 40.3 Å². The molecule has 2 heterocycles. The van der Waals surface area contributed by atoms with Gasteiger partial charge in [0.1, 0.15) is 5.52 Å². The van der Waals surface area contributed by atoms with E-state index < -0.39 is 5.97 Å². The highest BCUT2D eigenvalue weighted by Gasteiger charge is 2.16. The van der Waals surface area contributed by atoms with Crippen LogP contribution in [0.4, 0.5) is 5.69 Å². The molecule has 6 heteroatoms. The zero-order valence-corrected chi connectivity index (χ0v) is 10.1. The van der Waals surface area contributed by atoms with Crippen molar-refractivity contribution in [2.24, 2.45) is 0 Å². The first-order valence-electron chi connectivity index (χ1n) is 5.70. The molecule has 4 N–H and O–H groups in total. The first kappa shape index (κ1) is 11.3. The number of benzene rings is 1. The van der Waals surface area contributed by atoms with Gasteiger partial charge < -0.3 is 20.4 Å². The van der Waals surface area contributed by atoms with Crippen LogP contribution in [-0.4, -0.2) is 28.1 Å². The van der Waals surface area contributed by atoms with Gasteiger partial charge in [-0.25, -0.2) is 4.79 Å². The van der Waals surface area contributed by atoms with Gasteiger partial charge in [-0.3, -0.25) is 4.79 Å². The van der Waals surface area contributed by atoms with E-state index in [9.17, 15) is 14.7 Å². The van der Waals surface area contributed by atoms with Crippen molar-refractivity contribution in [3.8, 4) is 0 Å². The Kier molecular flexibility index (Phi) is 2.31. The lowest BCUT2D eigenvalue weighted by molar-refractivity contribution is 0.0699. The Hall–Kier alpha value is -2.76. The van der Waals surface area contributed by atoms with Crippen molar-refractivity contribution in [2.45, 2.75) is 0 Å². The maximum Gasteiger partial charge on any atom is 0.337 e. The lowest BCUT2D eigenvalue weighted by Crippen LogP contribution is -2.07. The van der Waals surface area contributed by atoms with Crippen LogP contribution in [0.2, 0.25) is 0 Å². The average molecular weight is 257 g/mol. The molecule has 0 bridgehead atoms. The number of carboxylic acid groups (broad SMARTS) is 1. The second kappa shape index (κ2) is 3.88. The number of nitrogens with one attached hydrogen (secondary N) is 3. The Bertz CT molecular complexity index is 861. The number of fused-ring (bicyclic) bond motifs is 3. The van der Waals surface area contributed by atoms with Crippen LogP contribution in [0.3, 0.4) is 0 Å². The number of anilines is 1. The normalized spacial score (nSPS) is 11.0. The van der Waals surface area contributed by atoms with E-state index in [1.807, 2.05) is 12.1 Å². The van der Waals surface area contributed by atoms with Crippen LogP contribution < -0.4 is 10.9 Å². The van der Waals surface area contributed by atoms with E-state index in [0.717, 1.165) is 5.69 Å². The minimum Gasteiger partial charge on any atom is -0.478 e. The van der Waals surface area contributed by atoms with Crippen molar-refractivity contribution in [3.63, 3.8) is 0 Å². The molecule has 96 valence electrons. The topological polar surface area (TPSA) is 98.0 Å². The third kappa shape index (κ3) is 1.57. The quantitative estimate of drug-likeness (QED) is 0.562. The zero-order chi connectivity index (χ0) is 13.6. The number of hydrogen-bond donors (Lipinski definition) is 4. The van der Waals surface area contributed by atoms with Crippen molar-refractivity contribution in [2.75, 3.05) is 12.4 Å². The van der Waals surface area contributed by atoms with Crippen LogP contribution in [-0.2, 0) is 0 Å². The summed E-state index contributed by atoms with van der Waals surface area (Å²) in [5.41, 5.74) is 1.50. The summed E-state index contributed by atoms with van der Waals surface area (Å²) in [4.78, 5) is 28.6. The van der Waals surface area contributed by atoms with Gasteiger partial charge >= 0.3 is 5.97 Å². The summed E-state index contributed by atoms with van der Waals surface area (Å²) >= 11 is 0. The number of H-pyrrole nitrogens is 2. The molecular formula is C13H11N3O3. The summed E-state index contributed by atoms with van der Waals surface area (Å²) in [5, 5.41) is 13.3. The van der Waals surface area contributed by atoms with Gasteiger partial charge in [-0.2, -0.15) is 0 Å². The molecule has 0 aliphatic rings. The number of pyridine rings is 1. The summed E-state index contributed by atoms with van der Waals surface area (Å²) in [6.07, 6.45) is 1.34. The Balaban J connectivity index is 2.57. The lowest BCUT2D eigenvalue weighted by Gasteiger charge is -2.04. The first-order valence-corrected chi connectivity index (χ1v) is 5.70. The van der Waals surface area contributed by atoms with Crippen molar-refractivity contribution in [1.29, 1.82) is 0 Å². The standard InChI is InChI=1S/C13H11N3O3/c1-14-6-2-3-9-7(4-6)10-8(13(18)19)5-15-11(10)12(17)16-9/h2-5,14-15H,1H3,(H,16,17)(H,18,19). The average Bonchev–Trinajstić information content (AvgIpc) is 2.84. The van der Waals surface area contributed by atoms with Gasteiger partial charge in [0.15, 0.2) is 0 Å². The number of aromatic nitrogens is 2. The highest BCUT2D eigenvalue weighted by Crippen LogP contribution is 2.26. The number of hydrogen-bond acceptors (Lipinski definition) is 3. The van der Waals surface area contributed by atoms with E-state index in [0.29, 0.717) is 16.3 Å². The number of aromatic carboxylic acids is 1. The Labute approximate surface area is 107 Å². The minimum absolute atomic E-state index is 0.0966. The molecule has 0 aliphatic carbocycles. The molecule has 1 aromatic carbocycles. The van der Waals surface area contributed by atoms with Crippen LogP contribution in [0, 0.1) is 0 Å². The third-order valence-electron chi connectivity index (χ3n) is 3.16. The van der Waals surface area contributed by atoms with E-state index >= 15 is 0 Å². The maximum atomic E-state index is 11.9. The lowest BCUT2D eigenvalue weighted by atomic mass is 10.1. The maximum absolute atomic E-state index is 11.9. The molecule has 0 unspecified atom stereocenters. The van der Waals surface area contributed by atoms with Crippen LogP contribution in [0.25, 0.3) is 21.8 Å². The van der Waals surface area contributed by atoms with Gasteiger partial charge in [-0.05, 0) is 18.2 Å². The molecule has 3 rings (SSSR count). The summed E-state index contributed by atoms with van der Waals surface area (Å²) in [6.45, 7) is 0. The molecule has 0 aliphatic heterocycles. The summed E-state index contributed by atoms with van der Waals surface area (Å²) < 4.78 is 0. The predicted molar refractivity (Wildman–Crippen MR) is 72.9 cm³/mol. The number of carbonyl (C=O) groups is 1. The largest absolute Gasteiger partial charge is 0.478 e. The third-order valence-corrected chi connectivity index (χ3v) is 3.16. The van der Waals surface area contributed by atoms with Crippen LogP contribution in [0.1, 0.15) is 10.4 Å². The van der Waals surface area contributed by atoms with Gasteiger partial charge in [-0.1, -0.05) is 0 Å². The van der Waals surface area contributed by atoms with Crippen molar-refractivity contribution < 1.29 is 9.90 Å². The van der Waals surface area contributed by atoms with Crippen LogP contribution >= 0.6 is 0 Å². The van der Waals surface area contributed by atoms with Crippen LogP contribution in [0.15, 0.2) is 29.2 Å². The Morgan fingerprint density at radius 3 is 2.84 bits per heavy atom. The fourth-order valence-corrected chi connectivity index (χ4v) is 2.25. The molecule has 2 aromatic heterocycles. The fourth-order valence-electron chi connectivity index (χ4n) is 2.25. The van der Waals surface area contributed by atoms with Crippen molar-refractivity contribution in [1.82, 2.24) is 9.97 Å². The minimum atomic E-state index is -1.06. The van der Waals surface area contributed by atoms with Crippen molar-refractivity contribution >= 4 is 33.5 Å². The molecular weight excluding hydrogens is 246 g/mol. The van der Waals surface area contributed by atoms with E-state index in [1.54, 1.807) is 13.1 Å². The molecule has 0 atom stereocenters. The van der Waals surface area contributed by atoms with Gasteiger partial charge in [0.05, 0.1) is 5.56 Å².